The van der Waals surface area contributed by atoms with E-state index in [0.29, 0.717) is 41.2 Å². The highest BCUT2D eigenvalue weighted by molar-refractivity contribution is 5.77. The molecule has 33 heavy (non-hydrogen) atoms. The van der Waals surface area contributed by atoms with Crippen LogP contribution in [0.5, 0.6) is 11.5 Å². The molecule has 0 bridgehead atoms. The molecule has 1 aromatic carbocycles. The van der Waals surface area contributed by atoms with Crippen LogP contribution in [0.3, 0.4) is 0 Å². The minimum atomic E-state index is -0.111. The molecule has 2 aromatic heterocycles. The Hall–Kier alpha value is -2.83. The Balaban J connectivity index is 1.99. The zero-order chi connectivity index (χ0) is 23.8. The van der Waals surface area contributed by atoms with Crippen molar-refractivity contribution in [3.05, 3.63) is 45.6 Å². The number of nitrogens with one attached hydrogen (secondary N) is 1. The predicted molar refractivity (Wildman–Crippen MR) is 133 cm³/mol. The number of hydrogen-bond acceptors (Lipinski definition) is 5. The van der Waals surface area contributed by atoms with Crippen LogP contribution in [0.15, 0.2) is 23.0 Å². The van der Waals surface area contributed by atoms with Crippen LogP contribution in [-0.4, -0.2) is 34.0 Å². The molecule has 0 saturated heterocycles. The second kappa shape index (κ2) is 11.9. The Morgan fingerprint density at radius 1 is 1.00 bits per heavy atom. The Kier molecular flexibility index (Phi) is 8.92. The summed E-state index contributed by atoms with van der Waals surface area (Å²) in [7, 11) is 3.24. The topological polar surface area (TPSA) is 82.0 Å². The first-order valence-corrected chi connectivity index (χ1v) is 12.3. The van der Waals surface area contributed by atoms with Crippen LogP contribution in [-0.2, 0) is 12.8 Å². The standard InChI is InChI=1S/C26H38N4O3/c1-6-9-10-11-13-19(12-7-2)30-25-24(20(8-3)29-30)26(31)28-23(27-25)17-18-14-15-21(32-4)22(16-18)33-5/h14-16,19H,6-13,17H2,1-5H3,(H,27,28,31). The van der Waals surface area contributed by atoms with Crippen molar-refractivity contribution in [2.45, 2.75) is 84.6 Å². The Morgan fingerprint density at radius 2 is 1.79 bits per heavy atom. The van der Waals surface area contributed by atoms with E-state index in [-0.39, 0.29) is 11.6 Å². The molecule has 0 aliphatic heterocycles. The summed E-state index contributed by atoms with van der Waals surface area (Å²) in [5, 5.41) is 5.51. The van der Waals surface area contributed by atoms with Crippen LogP contribution in [0.2, 0.25) is 0 Å². The van der Waals surface area contributed by atoms with E-state index in [1.807, 2.05) is 29.8 Å². The quantitative estimate of drug-likeness (QED) is 0.340. The van der Waals surface area contributed by atoms with Gasteiger partial charge in [0, 0.05) is 6.42 Å². The van der Waals surface area contributed by atoms with Crippen LogP contribution >= 0.6 is 0 Å². The molecule has 3 aromatic rings. The molecule has 2 heterocycles. The van der Waals surface area contributed by atoms with Crippen LogP contribution in [0.25, 0.3) is 11.0 Å². The number of aromatic amines is 1. The average Bonchev–Trinajstić information content (AvgIpc) is 3.20. The van der Waals surface area contributed by atoms with E-state index in [1.165, 1.54) is 25.7 Å². The fraction of sp³-hybridized carbons (Fsp3) is 0.577. The smallest absolute Gasteiger partial charge is 0.262 e. The molecule has 0 amide bonds. The molecule has 7 nitrogen and oxygen atoms in total. The third kappa shape index (κ3) is 5.75. The maximum Gasteiger partial charge on any atom is 0.262 e. The summed E-state index contributed by atoms with van der Waals surface area (Å²) >= 11 is 0. The molecule has 1 atom stereocenters. The van der Waals surface area contributed by atoms with E-state index < -0.39 is 0 Å². The van der Waals surface area contributed by atoms with Crippen molar-refractivity contribution in [1.82, 2.24) is 19.7 Å². The normalized spacial score (nSPS) is 12.3. The third-order valence-corrected chi connectivity index (χ3v) is 6.20. The van der Waals surface area contributed by atoms with E-state index in [0.717, 1.165) is 30.5 Å². The largest absolute Gasteiger partial charge is 0.493 e. The van der Waals surface area contributed by atoms with E-state index >= 15 is 0 Å². The highest BCUT2D eigenvalue weighted by Crippen LogP contribution is 2.29. The van der Waals surface area contributed by atoms with Crippen molar-refractivity contribution < 1.29 is 9.47 Å². The molecule has 0 aliphatic rings. The minimum Gasteiger partial charge on any atom is -0.493 e. The molecule has 0 saturated carbocycles. The zero-order valence-corrected chi connectivity index (χ0v) is 20.7. The second-order valence-electron chi connectivity index (χ2n) is 8.61. The van der Waals surface area contributed by atoms with Gasteiger partial charge >= 0.3 is 0 Å². The summed E-state index contributed by atoms with van der Waals surface area (Å²) < 4.78 is 12.8. The van der Waals surface area contributed by atoms with Crippen molar-refractivity contribution in [2.24, 2.45) is 0 Å². The maximum atomic E-state index is 13.1. The van der Waals surface area contributed by atoms with Gasteiger partial charge in [-0.25, -0.2) is 9.67 Å². The first-order chi connectivity index (χ1) is 16.1. The van der Waals surface area contributed by atoms with Gasteiger partial charge in [-0.2, -0.15) is 5.10 Å². The van der Waals surface area contributed by atoms with Crippen LogP contribution in [0.1, 0.15) is 88.8 Å². The van der Waals surface area contributed by atoms with Crippen molar-refractivity contribution in [3.63, 3.8) is 0 Å². The number of aromatic nitrogens is 4. The molecule has 0 aliphatic carbocycles. The van der Waals surface area contributed by atoms with Crippen LogP contribution in [0, 0.1) is 0 Å². The van der Waals surface area contributed by atoms with E-state index in [2.05, 4.69) is 18.8 Å². The molecule has 3 rings (SSSR count). The van der Waals surface area contributed by atoms with Gasteiger partial charge in [-0.3, -0.25) is 4.79 Å². The maximum absolute atomic E-state index is 13.1. The lowest BCUT2D eigenvalue weighted by Crippen LogP contribution is -2.16. The number of fused-ring (bicyclic) bond motifs is 1. The fourth-order valence-corrected chi connectivity index (χ4v) is 4.46. The second-order valence-corrected chi connectivity index (χ2v) is 8.61. The summed E-state index contributed by atoms with van der Waals surface area (Å²) in [6, 6.07) is 6.02. The van der Waals surface area contributed by atoms with E-state index in [1.54, 1.807) is 14.2 Å². The van der Waals surface area contributed by atoms with Crippen LogP contribution < -0.4 is 15.0 Å². The minimum absolute atomic E-state index is 0.111. The highest BCUT2D eigenvalue weighted by Gasteiger charge is 2.21. The lowest BCUT2D eigenvalue weighted by molar-refractivity contribution is 0.354. The Morgan fingerprint density at radius 3 is 2.45 bits per heavy atom. The van der Waals surface area contributed by atoms with Gasteiger partial charge in [-0.1, -0.05) is 58.9 Å². The first kappa shape index (κ1) is 24.8. The molecule has 0 radical (unpaired) electrons. The summed E-state index contributed by atoms with van der Waals surface area (Å²) in [5.74, 6) is 1.96. The van der Waals surface area contributed by atoms with Crippen LogP contribution in [0.4, 0.5) is 0 Å². The number of unbranched alkanes of at least 4 members (excludes halogenated alkanes) is 3. The number of aryl methyl sites for hydroxylation is 1. The number of nitrogens with zero attached hydrogens (tertiary/aromatic N) is 3. The number of rotatable bonds is 13. The van der Waals surface area contributed by atoms with Crippen molar-refractivity contribution in [2.75, 3.05) is 14.2 Å². The van der Waals surface area contributed by atoms with Gasteiger partial charge in [0.2, 0.25) is 0 Å². The molecule has 0 spiro atoms. The Bertz CT molecular complexity index is 1100. The Labute approximate surface area is 196 Å². The van der Waals surface area contributed by atoms with E-state index in [4.69, 9.17) is 19.6 Å². The average molecular weight is 455 g/mol. The lowest BCUT2D eigenvalue weighted by atomic mass is 10.0. The summed E-state index contributed by atoms with van der Waals surface area (Å²) in [5.41, 5.74) is 2.41. The number of benzene rings is 1. The van der Waals surface area contributed by atoms with Gasteiger partial charge in [0.15, 0.2) is 17.1 Å². The number of H-pyrrole nitrogens is 1. The molecular weight excluding hydrogens is 416 g/mol. The highest BCUT2D eigenvalue weighted by atomic mass is 16.5. The molecule has 1 N–H and O–H groups in total. The first-order valence-electron chi connectivity index (χ1n) is 12.3. The molecule has 7 heteroatoms. The predicted octanol–water partition coefficient (Wildman–Crippen LogP) is 5.60. The molecule has 1 unspecified atom stereocenters. The van der Waals surface area contributed by atoms with Crippen molar-refractivity contribution >= 4 is 11.0 Å². The number of hydrogen-bond donors (Lipinski definition) is 1. The van der Waals surface area contributed by atoms with Crippen molar-refractivity contribution in [3.8, 4) is 11.5 Å². The zero-order valence-electron chi connectivity index (χ0n) is 20.7. The number of methoxy groups -OCH3 is 2. The summed E-state index contributed by atoms with van der Waals surface area (Å²) in [6.07, 6.45) is 9.25. The van der Waals surface area contributed by atoms with Gasteiger partial charge in [-0.05, 0) is 37.0 Å². The summed E-state index contributed by atoms with van der Waals surface area (Å²) in [6.45, 7) is 6.47. The van der Waals surface area contributed by atoms with Crippen molar-refractivity contribution in [1.29, 1.82) is 0 Å². The molecule has 0 fully saturated rings. The van der Waals surface area contributed by atoms with E-state index in [9.17, 15) is 4.79 Å². The fourth-order valence-electron chi connectivity index (χ4n) is 4.46. The van der Waals surface area contributed by atoms with Gasteiger partial charge in [0.25, 0.3) is 5.56 Å². The number of ether oxygens (including phenoxy) is 2. The van der Waals surface area contributed by atoms with Gasteiger partial charge in [0.1, 0.15) is 11.2 Å². The SMILES string of the molecule is CCCCCCC(CCC)n1nc(CC)c2c(=O)[nH]c(Cc3ccc(OC)c(OC)c3)nc21. The van der Waals surface area contributed by atoms with Gasteiger partial charge in [-0.15, -0.1) is 0 Å². The molecule has 180 valence electrons. The monoisotopic (exact) mass is 454 g/mol. The summed E-state index contributed by atoms with van der Waals surface area (Å²) in [4.78, 5) is 21.0. The third-order valence-electron chi connectivity index (χ3n) is 6.20. The van der Waals surface area contributed by atoms with Gasteiger partial charge in [0.05, 0.1) is 26.0 Å². The molecular formula is C26H38N4O3. The lowest BCUT2D eigenvalue weighted by Gasteiger charge is -2.17. The van der Waals surface area contributed by atoms with Gasteiger partial charge < -0.3 is 14.5 Å².